The van der Waals surface area contributed by atoms with E-state index in [1.165, 1.54) is 0 Å². The molecule has 0 aliphatic carbocycles. The van der Waals surface area contributed by atoms with E-state index in [4.69, 9.17) is 10.8 Å². The van der Waals surface area contributed by atoms with Crippen molar-refractivity contribution in [3.63, 3.8) is 0 Å². The van der Waals surface area contributed by atoms with E-state index in [1.807, 2.05) is 0 Å². The molecule has 1 heterocycles. The molecule has 2 atom stereocenters. The zero-order valence-electron chi connectivity index (χ0n) is 11.6. The molecule has 1 unspecified atom stereocenters. The van der Waals surface area contributed by atoms with Crippen molar-refractivity contribution in [3.8, 4) is 0 Å². The highest BCUT2D eigenvalue weighted by atomic mass is 32.2. The smallest absolute Gasteiger partial charge is 0.326 e. The van der Waals surface area contributed by atoms with Crippen LogP contribution in [0, 0.1) is 0 Å². The Morgan fingerprint density at radius 3 is 2.52 bits per heavy atom. The van der Waals surface area contributed by atoms with Gasteiger partial charge in [-0.1, -0.05) is 0 Å². The number of hydrogen-bond donors (Lipinski definition) is 3. The summed E-state index contributed by atoms with van der Waals surface area (Å²) < 4.78 is 24.2. The highest BCUT2D eigenvalue weighted by molar-refractivity contribution is 7.88. The Kier molecular flexibility index (Phi) is 5.67. The van der Waals surface area contributed by atoms with Crippen LogP contribution in [0.25, 0.3) is 0 Å². The zero-order valence-corrected chi connectivity index (χ0v) is 12.4. The van der Waals surface area contributed by atoms with Gasteiger partial charge < -0.3 is 16.2 Å². The molecular formula is C11H19N3O6S. The molecule has 10 heteroatoms. The fraction of sp³-hybridized carbons (Fsp3) is 0.727. The molecule has 1 rings (SSSR count). The minimum Gasteiger partial charge on any atom is -0.480 e. The molecule has 0 bridgehead atoms. The monoisotopic (exact) mass is 321 g/mol. The molecule has 1 fully saturated rings. The third-order valence-electron chi connectivity index (χ3n) is 3.23. The van der Waals surface area contributed by atoms with E-state index in [9.17, 15) is 22.8 Å². The van der Waals surface area contributed by atoms with Gasteiger partial charge in [-0.3, -0.25) is 9.59 Å². The number of carboxylic acid groups (broad SMARTS) is 1. The van der Waals surface area contributed by atoms with Gasteiger partial charge in [0.05, 0.1) is 6.26 Å². The molecule has 1 aliphatic heterocycles. The minimum atomic E-state index is -3.53. The van der Waals surface area contributed by atoms with Crippen molar-refractivity contribution in [2.45, 2.75) is 37.8 Å². The van der Waals surface area contributed by atoms with Crippen molar-refractivity contribution in [2.75, 3.05) is 12.8 Å². The summed E-state index contributed by atoms with van der Waals surface area (Å²) in [6, 6.07) is -2.18. The Labute approximate surface area is 122 Å². The van der Waals surface area contributed by atoms with Crippen molar-refractivity contribution in [1.82, 2.24) is 9.62 Å². The SMILES string of the molecule is CS(=O)(=O)N1CCCC1C(=O)N[C@@H](CCC(N)=O)C(=O)O. The molecule has 0 spiro atoms. The van der Waals surface area contributed by atoms with E-state index in [2.05, 4.69) is 5.32 Å². The maximum atomic E-state index is 12.1. The molecule has 1 saturated heterocycles. The first-order valence-electron chi connectivity index (χ1n) is 6.41. The van der Waals surface area contributed by atoms with Gasteiger partial charge in [-0.05, 0) is 19.3 Å². The van der Waals surface area contributed by atoms with Gasteiger partial charge >= 0.3 is 5.97 Å². The van der Waals surface area contributed by atoms with Crippen LogP contribution in [0.4, 0.5) is 0 Å². The highest BCUT2D eigenvalue weighted by Gasteiger charge is 2.37. The summed E-state index contributed by atoms with van der Waals surface area (Å²) in [6.45, 7) is 0.232. The fourth-order valence-electron chi connectivity index (χ4n) is 2.21. The summed E-state index contributed by atoms with van der Waals surface area (Å²) in [5, 5.41) is 11.3. The number of nitrogens with zero attached hydrogens (tertiary/aromatic N) is 1. The molecule has 4 N–H and O–H groups in total. The maximum Gasteiger partial charge on any atom is 0.326 e. The van der Waals surface area contributed by atoms with E-state index < -0.39 is 39.9 Å². The van der Waals surface area contributed by atoms with Crippen LogP contribution in [0.3, 0.4) is 0 Å². The Hall–Kier alpha value is -1.68. The molecular weight excluding hydrogens is 302 g/mol. The largest absolute Gasteiger partial charge is 0.480 e. The Morgan fingerprint density at radius 2 is 2.05 bits per heavy atom. The van der Waals surface area contributed by atoms with Gasteiger partial charge in [0.15, 0.2) is 0 Å². The van der Waals surface area contributed by atoms with Crippen LogP contribution in [0.1, 0.15) is 25.7 Å². The summed E-state index contributed by atoms with van der Waals surface area (Å²) in [5.74, 6) is -2.64. The van der Waals surface area contributed by atoms with E-state index in [0.29, 0.717) is 12.8 Å². The van der Waals surface area contributed by atoms with Gasteiger partial charge in [0.1, 0.15) is 12.1 Å². The third-order valence-corrected chi connectivity index (χ3v) is 4.52. The van der Waals surface area contributed by atoms with E-state index in [1.54, 1.807) is 0 Å². The molecule has 0 aromatic rings. The third kappa shape index (κ3) is 4.97. The van der Waals surface area contributed by atoms with Gasteiger partial charge in [-0.2, -0.15) is 4.31 Å². The average molecular weight is 321 g/mol. The molecule has 0 aromatic carbocycles. The van der Waals surface area contributed by atoms with Crippen LogP contribution in [0.5, 0.6) is 0 Å². The number of carbonyl (C=O) groups is 3. The molecule has 0 saturated carbocycles. The fourth-order valence-corrected chi connectivity index (χ4v) is 3.34. The van der Waals surface area contributed by atoms with Crippen LogP contribution in [-0.4, -0.2) is 60.5 Å². The van der Waals surface area contributed by atoms with E-state index in [-0.39, 0.29) is 19.4 Å². The first kappa shape index (κ1) is 17.4. The van der Waals surface area contributed by atoms with Gasteiger partial charge in [0.2, 0.25) is 21.8 Å². The molecule has 0 radical (unpaired) electrons. The molecule has 21 heavy (non-hydrogen) atoms. The lowest BCUT2D eigenvalue weighted by atomic mass is 10.1. The quantitative estimate of drug-likeness (QED) is 0.506. The number of rotatable bonds is 7. The summed E-state index contributed by atoms with van der Waals surface area (Å²) in [7, 11) is -3.53. The Morgan fingerprint density at radius 1 is 1.43 bits per heavy atom. The molecule has 120 valence electrons. The molecule has 2 amide bonds. The number of carbonyl (C=O) groups excluding carboxylic acids is 2. The topological polar surface area (TPSA) is 147 Å². The predicted molar refractivity (Wildman–Crippen MR) is 72.6 cm³/mol. The first-order chi connectivity index (χ1) is 9.62. The second kappa shape index (κ2) is 6.85. The Balaban J connectivity index is 2.73. The van der Waals surface area contributed by atoms with Crippen molar-refractivity contribution in [1.29, 1.82) is 0 Å². The lowest BCUT2D eigenvalue weighted by Gasteiger charge is -2.23. The molecule has 1 aliphatic rings. The van der Waals surface area contributed by atoms with Crippen LogP contribution in [0.15, 0.2) is 0 Å². The maximum absolute atomic E-state index is 12.1. The number of nitrogens with two attached hydrogens (primary N) is 1. The first-order valence-corrected chi connectivity index (χ1v) is 8.26. The predicted octanol–water partition coefficient (Wildman–Crippen LogP) is -1.75. The van der Waals surface area contributed by atoms with Crippen LogP contribution in [-0.2, 0) is 24.4 Å². The summed E-state index contributed by atoms with van der Waals surface area (Å²) >= 11 is 0. The Bertz CT molecular complexity index is 532. The van der Waals surface area contributed by atoms with Crippen LogP contribution < -0.4 is 11.1 Å². The lowest BCUT2D eigenvalue weighted by Crippen LogP contribution is -2.50. The number of carboxylic acids is 1. The highest BCUT2D eigenvalue weighted by Crippen LogP contribution is 2.20. The van der Waals surface area contributed by atoms with Crippen molar-refractivity contribution in [2.24, 2.45) is 5.73 Å². The number of amides is 2. The second-order valence-corrected chi connectivity index (χ2v) is 6.87. The van der Waals surface area contributed by atoms with Crippen molar-refractivity contribution < 1.29 is 27.9 Å². The van der Waals surface area contributed by atoms with E-state index in [0.717, 1.165) is 10.6 Å². The van der Waals surface area contributed by atoms with Gasteiger partial charge in [-0.15, -0.1) is 0 Å². The number of nitrogens with one attached hydrogen (secondary N) is 1. The normalized spacial score (nSPS) is 20.9. The molecule has 9 nitrogen and oxygen atoms in total. The van der Waals surface area contributed by atoms with Crippen LogP contribution >= 0.6 is 0 Å². The summed E-state index contributed by atoms with van der Waals surface area (Å²) in [6.07, 6.45) is 1.55. The zero-order chi connectivity index (χ0) is 16.2. The number of hydrogen-bond acceptors (Lipinski definition) is 5. The van der Waals surface area contributed by atoms with Gasteiger partial charge in [0.25, 0.3) is 0 Å². The van der Waals surface area contributed by atoms with E-state index >= 15 is 0 Å². The second-order valence-electron chi connectivity index (χ2n) is 4.94. The number of sulfonamides is 1. The lowest BCUT2D eigenvalue weighted by molar-refractivity contribution is -0.142. The van der Waals surface area contributed by atoms with Gasteiger partial charge in [-0.25, -0.2) is 13.2 Å². The summed E-state index contributed by atoms with van der Waals surface area (Å²) in [5.41, 5.74) is 4.94. The summed E-state index contributed by atoms with van der Waals surface area (Å²) in [4.78, 5) is 33.8. The number of primary amides is 1. The average Bonchev–Trinajstić information content (AvgIpc) is 2.82. The number of aliphatic carboxylic acids is 1. The van der Waals surface area contributed by atoms with Gasteiger partial charge in [0, 0.05) is 13.0 Å². The minimum absolute atomic E-state index is 0.137. The molecule has 0 aromatic heterocycles. The van der Waals surface area contributed by atoms with Crippen LogP contribution in [0.2, 0.25) is 0 Å². The standard InChI is InChI=1S/C11H19N3O6S/c1-21(19,20)14-6-2-3-8(14)10(16)13-7(11(17)18)4-5-9(12)15/h7-8H,2-6H2,1H3,(H2,12,15)(H,13,16)(H,17,18)/t7-,8?/m0/s1. The van der Waals surface area contributed by atoms with Crippen molar-refractivity contribution >= 4 is 27.8 Å². The van der Waals surface area contributed by atoms with Crippen molar-refractivity contribution in [3.05, 3.63) is 0 Å².